The van der Waals surface area contributed by atoms with Crippen LogP contribution in [-0.4, -0.2) is 20.8 Å². The van der Waals surface area contributed by atoms with Gasteiger partial charge >= 0.3 is 0 Å². The Morgan fingerprint density at radius 3 is 2.88 bits per heavy atom. The fourth-order valence-corrected chi connectivity index (χ4v) is 2.73. The van der Waals surface area contributed by atoms with Gasteiger partial charge in [-0.25, -0.2) is 9.07 Å². The zero-order valence-corrected chi connectivity index (χ0v) is 14.2. The van der Waals surface area contributed by atoms with Crippen molar-refractivity contribution in [3.8, 4) is 0 Å². The van der Waals surface area contributed by atoms with E-state index in [-0.39, 0.29) is 23.6 Å². The Balaban J connectivity index is 1.76. The Labute approximate surface area is 146 Å². The third-order valence-corrected chi connectivity index (χ3v) is 4.07. The van der Waals surface area contributed by atoms with Crippen LogP contribution in [0.4, 0.5) is 4.39 Å². The van der Waals surface area contributed by atoms with Gasteiger partial charge in [0.15, 0.2) is 5.52 Å². The fourth-order valence-electron chi connectivity index (χ4n) is 2.50. The standard InChI is InChI=1S/C16H14ClFN4O3/c1-8-14-9(2)25-21-15(14)16(24)22(20-8)7-13(23)19-6-10-3-4-11(18)5-12(10)17/h3-5H,6-7H2,1-2H3,(H,19,23). The maximum Gasteiger partial charge on any atom is 0.297 e. The Morgan fingerprint density at radius 2 is 2.16 bits per heavy atom. The molecule has 7 nitrogen and oxygen atoms in total. The first-order valence-electron chi connectivity index (χ1n) is 7.41. The van der Waals surface area contributed by atoms with E-state index in [4.69, 9.17) is 16.1 Å². The highest BCUT2D eigenvalue weighted by Crippen LogP contribution is 2.17. The first-order valence-corrected chi connectivity index (χ1v) is 7.79. The number of nitrogens with one attached hydrogen (secondary N) is 1. The molecule has 0 spiro atoms. The van der Waals surface area contributed by atoms with E-state index in [2.05, 4.69) is 15.6 Å². The summed E-state index contributed by atoms with van der Waals surface area (Å²) in [5, 5.41) is 11.2. The van der Waals surface area contributed by atoms with E-state index in [1.54, 1.807) is 13.8 Å². The number of hydrogen-bond acceptors (Lipinski definition) is 5. The molecule has 3 rings (SSSR count). The zero-order chi connectivity index (χ0) is 18.1. The number of aromatic nitrogens is 3. The summed E-state index contributed by atoms with van der Waals surface area (Å²) in [5.74, 6) is -0.392. The van der Waals surface area contributed by atoms with Crippen LogP contribution in [0.3, 0.4) is 0 Å². The molecule has 25 heavy (non-hydrogen) atoms. The van der Waals surface area contributed by atoms with Gasteiger partial charge in [0, 0.05) is 11.6 Å². The van der Waals surface area contributed by atoms with E-state index in [1.807, 2.05) is 0 Å². The largest absolute Gasteiger partial charge is 0.360 e. The lowest BCUT2D eigenvalue weighted by molar-refractivity contribution is -0.122. The molecule has 0 aliphatic heterocycles. The molecule has 0 atom stereocenters. The maximum absolute atomic E-state index is 13.0. The average Bonchev–Trinajstić information content (AvgIpc) is 2.94. The van der Waals surface area contributed by atoms with E-state index in [9.17, 15) is 14.0 Å². The molecule has 9 heteroatoms. The van der Waals surface area contributed by atoms with Gasteiger partial charge in [-0.05, 0) is 31.5 Å². The molecule has 0 radical (unpaired) electrons. The van der Waals surface area contributed by atoms with Crippen LogP contribution in [-0.2, 0) is 17.9 Å². The van der Waals surface area contributed by atoms with E-state index in [0.717, 1.165) is 4.68 Å². The lowest BCUT2D eigenvalue weighted by Gasteiger charge is -2.09. The summed E-state index contributed by atoms with van der Waals surface area (Å²) in [6.45, 7) is 3.23. The highest BCUT2D eigenvalue weighted by Gasteiger charge is 2.16. The van der Waals surface area contributed by atoms with Gasteiger partial charge in [0.05, 0.1) is 11.1 Å². The second-order valence-corrected chi connectivity index (χ2v) is 5.93. The number of benzene rings is 1. The number of aryl methyl sites for hydroxylation is 2. The Kier molecular flexibility index (Phi) is 4.54. The van der Waals surface area contributed by atoms with E-state index >= 15 is 0 Å². The molecule has 1 aromatic carbocycles. The van der Waals surface area contributed by atoms with Gasteiger partial charge in [0.1, 0.15) is 18.1 Å². The predicted molar refractivity (Wildman–Crippen MR) is 88.8 cm³/mol. The number of carbonyl (C=O) groups excluding carboxylic acids is 1. The second-order valence-electron chi connectivity index (χ2n) is 5.52. The minimum absolute atomic E-state index is 0.108. The van der Waals surface area contributed by atoms with E-state index < -0.39 is 17.3 Å². The topological polar surface area (TPSA) is 90.0 Å². The molecular formula is C16H14ClFN4O3. The highest BCUT2D eigenvalue weighted by molar-refractivity contribution is 6.31. The number of halogens is 2. The van der Waals surface area contributed by atoms with Crippen LogP contribution in [0.5, 0.6) is 0 Å². The van der Waals surface area contributed by atoms with Gasteiger partial charge in [-0.3, -0.25) is 9.59 Å². The van der Waals surface area contributed by atoms with Gasteiger partial charge in [-0.15, -0.1) is 0 Å². The zero-order valence-electron chi connectivity index (χ0n) is 13.5. The number of nitrogens with zero attached hydrogens (tertiary/aromatic N) is 3. The summed E-state index contributed by atoms with van der Waals surface area (Å²) in [4.78, 5) is 24.4. The predicted octanol–water partition coefficient (Wildman–Crippen LogP) is 2.11. The number of amides is 1. The summed E-state index contributed by atoms with van der Waals surface area (Å²) in [7, 11) is 0. The van der Waals surface area contributed by atoms with Crippen molar-refractivity contribution in [2.45, 2.75) is 26.9 Å². The maximum atomic E-state index is 13.0. The van der Waals surface area contributed by atoms with E-state index in [1.165, 1.54) is 18.2 Å². The normalized spacial score (nSPS) is 11.0. The number of carbonyl (C=O) groups is 1. The Hall–Kier alpha value is -2.74. The van der Waals surface area contributed by atoms with Crippen LogP contribution in [0, 0.1) is 19.7 Å². The smallest absolute Gasteiger partial charge is 0.297 e. The van der Waals surface area contributed by atoms with Crippen molar-refractivity contribution < 1.29 is 13.7 Å². The average molecular weight is 365 g/mol. The van der Waals surface area contributed by atoms with Crippen LogP contribution in [0.15, 0.2) is 27.5 Å². The van der Waals surface area contributed by atoms with Crippen molar-refractivity contribution in [1.82, 2.24) is 20.3 Å². The minimum Gasteiger partial charge on any atom is -0.360 e. The molecule has 0 aliphatic carbocycles. The number of fused-ring (bicyclic) bond motifs is 1. The molecule has 0 saturated carbocycles. The fraction of sp³-hybridized carbons (Fsp3) is 0.250. The molecule has 1 N–H and O–H groups in total. The Morgan fingerprint density at radius 1 is 1.40 bits per heavy atom. The summed E-state index contributed by atoms with van der Waals surface area (Å²) in [5.41, 5.74) is 0.741. The van der Waals surface area contributed by atoms with Gasteiger partial charge < -0.3 is 9.84 Å². The molecule has 2 aromatic heterocycles. The van der Waals surface area contributed by atoms with Crippen molar-refractivity contribution in [3.63, 3.8) is 0 Å². The lowest BCUT2D eigenvalue weighted by Crippen LogP contribution is -2.34. The third-order valence-electron chi connectivity index (χ3n) is 3.72. The summed E-state index contributed by atoms with van der Waals surface area (Å²) >= 11 is 5.91. The van der Waals surface area contributed by atoms with Crippen molar-refractivity contribution in [2.75, 3.05) is 0 Å². The van der Waals surface area contributed by atoms with Crippen LogP contribution >= 0.6 is 11.6 Å². The molecule has 0 fully saturated rings. The van der Waals surface area contributed by atoms with Gasteiger partial charge in [-0.2, -0.15) is 5.10 Å². The first kappa shape index (κ1) is 17.1. The van der Waals surface area contributed by atoms with E-state index in [0.29, 0.717) is 22.4 Å². The van der Waals surface area contributed by atoms with Crippen molar-refractivity contribution in [1.29, 1.82) is 0 Å². The van der Waals surface area contributed by atoms with Crippen LogP contribution < -0.4 is 10.9 Å². The quantitative estimate of drug-likeness (QED) is 0.765. The molecule has 0 bridgehead atoms. The molecule has 2 heterocycles. The van der Waals surface area contributed by atoms with Crippen LogP contribution in [0.25, 0.3) is 10.9 Å². The van der Waals surface area contributed by atoms with Crippen LogP contribution in [0.1, 0.15) is 17.0 Å². The van der Waals surface area contributed by atoms with Crippen LogP contribution in [0.2, 0.25) is 5.02 Å². The van der Waals surface area contributed by atoms with Gasteiger partial charge in [-0.1, -0.05) is 22.8 Å². The first-order chi connectivity index (χ1) is 11.9. The number of rotatable bonds is 4. The van der Waals surface area contributed by atoms with Crippen molar-refractivity contribution in [3.05, 3.63) is 56.4 Å². The third kappa shape index (κ3) is 3.39. The molecule has 1 amide bonds. The van der Waals surface area contributed by atoms with Gasteiger partial charge in [0.2, 0.25) is 5.91 Å². The molecule has 3 aromatic rings. The lowest BCUT2D eigenvalue weighted by atomic mass is 10.2. The molecule has 0 unspecified atom stereocenters. The van der Waals surface area contributed by atoms with Crippen molar-refractivity contribution >= 4 is 28.4 Å². The molecule has 0 saturated heterocycles. The monoisotopic (exact) mass is 364 g/mol. The highest BCUT2D eigenvalue weighted by atomic mass is 35.5. The summed E-state index contributed by atoms with van der Waals surface area (Å²) in [6, 6.07) is 3.90. The Bertz CT molecular complexity index is 1030. The molecular weight excluding hydrogens is 351 g/mol. The second kappa shape index (κ2) is 6.64. The van der Waals surface area contributed by atoms with Gasteiger partial charge in [0.25, 0.3) is 5.56 Å². The molecule has 130 valence electrons. The summed E-state index contributed by atoms with van der Waals surface area (Å²) in [6.07, 6.45) is 0. The molecule has 0 aliphatic rings. The van der Waals surface area contributed by atoms with Crippen molar-refractivity contribution in [2.24, 2.45) is 0 Å². The minimum atomic E-state index is -0.507. The SMILES string of the molecule is Cc1nn(CC(=O)NCc2ccc(F)cc2Cl)c(=O)c2noc(C)c12. The number of hydrogen-bond donors (Lipinski definition) is 1. The summed E-state index contributed by atoms with van der Waals surface area (Å²) < 4.78 is 19.1.